The molecule has 1 atom stereocenters. The molecule has 0 aliphatic heterocycles. The van der Waals surface area contributed by atoms with Crippen molar-refractivity contribution in [3.8, 4) is 0 Å². The number of benzene rings is 1. The van der Waals surface area contributed by atoms with Gasteiger partial charge < -0.3 is 5.11 Å². The third kappa shape index (κ3) is 1.75. The van der Waals surface area contributed by atoms with Crippen LogP contribution in [0.25, 0.3) is 0 Å². The molecule has 1 aliphatic carbocycles. The van der Waals surface area contributed by atoms with Gasteiger partial charge in [0.05, 0.1) is 6.10 Å². The highest BCUT2D eigenvalue weighted by atomic mass is 16.3. The van der Waals surface area contributed by atoms with Crippen molar-refractivity contribution in [2.75, 3.05) is 0 Å². The van der Waals surface area contributed by atoms with Gasteiger partial charge in [0.15, 0.2) is 0 Å². The average molecular weight is 176 g/mol. The summed E-state index contributed by atoms with van der Waals surface area (Å²) in [6.07, 6.45) is 4.20. The van der Waals surface area contributed by atoms with Gasteiger partial charge in [-0.25, -0.2) is 0 Å². The molecule has 0 saturated heterocycles. The molecule has 0 radical (unpaired) electrons. The second-order valence-corrected chi connectivity index (χ2v) is 3.96. The molecule has 0 saturated carbocycles. The first kappa shape index (κ1) is 8.76. The molecule has 0 heterocycles. The SMILES string of the molecule is Cc1ccc2c(c1)[C@@H](O)CCCC2. The summed E-state index contributed by atoms with van der Waals surface area (Å²) >= 11 is 0. The topological polar surface area (TPSA) is 20.2 Å². The quantitative estimate of drug-likeness (QED) is 0.603. The predicted octanol–water partition coefficient (Wildman–Crippen LogP) is 2.75. The van der Waals surface area contributed by atoms with E-state index in [9.17, 15) is 5.11 Å². The van der Waals surface area contributed by atoms with Gasteiger partial charge in [0, 0.05) is 0 Å². The highest BCUT2D eigenvalue weighted by Crippen LogP contribution is 2.28. The van der Waals surface area contributed by atoms with Crippen LogP contribution in [0.1, 0.15) is 42.1 Å². The third-order valence-corrected chi connectivity index (χ3v) is 2.83. The van der Waals surface area contributed by atoms with Gasteiger partial charge in [-0.2, -0.15) is 0 Å². The third-order valence-electron chi connectivity index (χ3n) is 2.83. The maximum Gasteiger partial charge on any atom is 0.0792 e. The summed E-state index contributed by atoms with van der Waals surface area (Å²) in [6.45, 7) is 2.08. The van der Waals surface area contributed by atoms with E-state index in [-0.39, 0.29) is 6.10 Å². The normalized spacial score (nSPS) is 22.2. The summed E-state index contributed by atoms with van der Waals surface area (Å²) in [5, 5.41) is 9.87. The fraction of sp³-hybridized carbons (Fsp3) is 0.500. The van der Waals surface area contributed by atoms with Crippen LogP contribution in [0.15, 0.2) is 18.2 Å². The Morgan fingerprint density at radius 1 is 1.31 bits per heavy atom. The Labute approximate surface area is 79.4 Å². The van der Waals surface area contributed by atoms with Gasteiger partial charge in [0.1, 0.15) is 0 Å². The molecule has 13 heavy (non-hydrogen) atoms. The van der Waals surface area contributed by atoms with E-state index in [0.29, 0.717) is 0 Å². The second kappa shape index (κ2) is 3.51. The fourth-order valence-electron chi connectivity index (χ4n) is 2.06. The Bertz CT molecular complexity index is 304. The van der Waals surface area contributed by atoms with Gasteiger partial charge in [0.25, 0.3) is 0 Å². The summed E-state index contributed by atoms with van der Waals surface area (Å²) in [6, 6.07) is 6.43. The van der Waals surface area contributed by atoms with Crippen molar-refractivity contribution in [3.05, 3.63) is 34.9 Å². The molecule has 0 spiro atoms. The molecule has 2 rings (SSSR count). The van der Waals surface area contributed by atoms with Gasteiger partial charge in [-0.05, 0) is 37.3 Å². The largest absolute Gasteiger partial charge is 0.388 e. The van der Waals surface area contributed by atoms with Crippen LogP contribution < -0.4 is 0 Å². The zero-order valence-electron chi connectivity index (χ0n) is 8.09. The summed E-state index contributed by atoms with van der Waals surface area (Å²) in [5.41, 5.74) is 3.76. The Hall–Kier alpha value is -0.820. The van der Waals surface area contributed by atoms with Crippen molar-refractivity contribution in [1.29, 1.82) is 0 Å². The van der Waals surface area contributed by atoms with E-state index in [4.69, 9.17) is 0 Å². The van der Waals surface area contributed by atoms with E-state index in [1.807, 2.05) is 0 Å². The van der Waals surface area contributed by atoms with Crippen molar-refractivity contribution in [1.82, 2.24) is 0 Å². The van der Waals surface area contributed by atoms with Gasteiger partial charge >= 0.3 is 0 Å². The molecule has 0 bridgehead atoms. The highest BCUT2D eigenvalue weighted by Gasteiger charge is 2.15. The van der Waals surface area contributed by atoms with Crippen LogP contribution >= 0.6 is 0 Å². The smallest absolute Gasteiger partial charge is 0.0792 e. The number of fused-ring (bicyclic) bond motifs is 1. The van der Waals surface area contributed by atoms with Gasteiger partial charge in [-0.15, -0.1) is 0 Å². The molecule has 70 valence electrons. The molecule has 1 aromatic rings. The maximum atomic E-state index is 9.87. The molecule has 1 aromatic carbocycles. The van der Waals surface area contributed by atoms with Crippen LogP contribution in [0.3, 0.4) is 0 Å². The van der Waals surface area contributed by atoms with Crippen molar-refractivity contribution in [3.63, 3.8) is 0 Å². The lowest BCUT2D eigenvalue weighted by atomic mass is 9.99. The Balaban J connectivity index is 2.43. The maximum absolute atomic E-state index is 9.87. The first-order chi connectivity index (χ1) is 6.27. The van der Waals surface area contributed by atoms with Crippen molar-refractivity contribution < 1.29 is 5.11 Å². The predicted molar refractivity (Wildman–Crippen MR) is 53.7 cm³/mol. The molecule has 0 aromatic heterocycles. The van der Waals surface area contributed by atoms with E-state index >= 15 is 0 Å². The molecule has 1 nitrogen and oxygen atoms in total. The summed E-state index contributed by atoms with van der Waals surface area (Å²) in [4.78, 5) is 0. The number of hydrogen-bond acceptors (Lipinski definition) is 1. The molecule has 1 N–H and O–H groups in total. The number of aliphatic hydroxyl groups excluding tert-OH is 1. The van der Waals surface area contributed by atoms with Crippen molar-refractivity contribution in [2.24, 2.45) is 0 Å². The zero-order valence-corrected chi connectivity index (χ0v) is 8.09. The Kier molecular flexibility index (Phi) is 2.36. The first-order valence-corrected chi connectivity index (χ1v) is 5.05. The minimum atomic E-state index is -0.225. The van der Waals surface area contributed by atoms with E-state index in [2.05, 4.69) is 25.1 Å². The monoisotopic (exact) mass is 176 g/mol. The lowest BCUT2D eigenvalue weighted by Crippen LogP contribution is -1.98. The lowest BCUT2D eigenvalue weighted by molar-refractivity contribution is 0.166. The summed E-state index contributed by atoms with van der Waals surface area (Å²) in [5.74, 6) is 0. The zero-order chi connectivity index (χ0) is 9.26. The number of aryl methyl sites for hydroxylation is 2. The van der Waals surface area contributed by atoms with Gasteiger partial charge in [0.2, 0.25) is 0 Å². The Morgan fingerprint density at radius 3 is 3.00 bits per heavy atom. The van der Waals surface area contributed by atoms with E-state index in [0.717, 1.165) is 24.8 Å². The summed E-state index contributed by atoms with van der Waals surface area (Å²) in [7, 11) is 0. The van der Waals surface area contributed by atoms with Crippen LogP contribution in [-0.2, 0) is 6.42 Å². The van der Waals surface area contributed by atoms with Crippen LogP contribution in [0, 0.1) is 6.92 Å². The lowest BCUT2D eigenvalue weighted by Gasteiger charge is -2.11. The molecule has 1 aliphatic rings. The molecular weight excluding hydrogens is 160 g/mol. The van der Waals surface area contributed by atoms with Gasteiger partial charge in [-0.1, -0.05) is 30.2 Å². The van der Waals surface area contributed by atoms with Crippen LogP contribution in [-0.4, -0.2) is 5.11 Å². The average Bonchev–Trinajstić information content (AvgIpc) is 2.29. The number of rotatable bonds is 0. The van der Waals surface area contributed by atoms with Crippen LogP contribution in [0.5, 0.6) is 0 Å². The van der Waals surface area contributed by atoms with Crippen molar-refractivity contribution >= 4 is 0 Å². The number of hydrogen-bond donors (Lipinski definition) is 1. The fourth-order valence-corrected chi connectivity index (χ4v) is 2.06. The van der Waals surface area contributed by atoms with E-state index in [1.54, 1.807) is 0 Å². The highest BCUT2D eigenvalue weighted by molar-refractivity contribution is 5.33. The second-order valence-electron chi connectivity index (χ2n) is 3.96. The van der Waals surface area contributed by atoms with Crippen molar-refractivity contribution in [2.45, 2.75) is 38.7 Å². The van der Waals surface area contributed by atoms with Gasteiger partial charge in [-0.3, -0.25) is 0 Å². The molecule has 1 heteroatoms. The van der Waals surface area contributed by atoms with Crippen LogP contribution in [0.4, 0.5) is 0 Å². The minimum absolute atomic E-state index is 0.225. The molecule has 0 amide bonds. The molecule has 0 unspecified atom stereocenters. The van der Waals surface area contributed by atoms with Crippen LogP contribution in [0.2, 0.25) is 0 Å². The molecular formula is C12H16O. The number of aliphatic hydroxyl groups is 1. The van der Waals surface area contributed by atoms with E-state index in [1.165, 1.54) is 17.5 Å². The minimum Gasteiger partial charge on any atom is -0.388 e. The van der Waals surface area contributed by atoms with E-state index < -0.39 is 0 Å². The standard InChI is InChI=1S/C12H16O/c1-9-6-7-10-4-2-3-5-12(13)11(10)8-9/h6-8,12-13H,2-5H2,1H3/t12-/m0/s1. The summed E-state index contributed by atoms with van der Waals surface area (Å²) < 4.78 is 0. The molecule has 0 fully saturated rings. The first-order valence-electron chi connectivity index (χ1n) is 5.05. The Morgan fingerprint density at radius 2 is 2.15 bits per heavy atom.